The highest BCUT2D eigenvalue weighted by Crippen LogP contribution is 2.35. The van der Waals surface area contributed by atoms with Crippen molar-refractivity contribution in [2.24, 2.45) is 0 Å². The van der Waals surface area contributed by atoms with E-state index in [-0.39, 0.29) is 12.8 Å². The summed E-state index contributed by atoms with van der Waals surface area (Å²) in [6, 6.07) is 14.4. The minimum atomic E-state index is -0.300. The zero-order chi connectivity index (χ0) is 16.9. The van der Waals surface area contributed by atoms with Crippen molar-refractivity contribution in [3.05, 3.63) is 59.7 Å². The molecule has 0 aliphatic carbocycles. The fourth-order valence-corrected chi connectivity index (χ4v) is 2.61. The number of carbonyl (C=O) groups is 1. The molecule has 0 spiro atoms. The van der Waals surface area contributed by atoms with E-state index in [2.05, 4.69) is 29.0 Å². The number of allylic oxidation sites excluding steroid dienone is 1. The van der Waals surface area contributed by atoms with E-state index in [0.717, 1.165) is 41.0 Å². The first kappa shape index (κ1) is 16.1. The van der Waals surface area contributed by atoms with Crippen LogP contribution in [-0.2, 0) is 16.0 Å². The molecule has 0 bridgehead atoms. The molecule has 0 saturated heterocycles. The van der Waals surface area contributed by atoms with Gasteiger partial charge in [-0.3, -0.25) is 0 Å². The predicted octanol–water partition coefficient (Wildman–Crippen LogP) is 4.13. The molecule has 0 atom stereocenters. The number of aryl methyl sites for hydroxylation is 1. The lowest BCUT2D eigenvalue weighted by Gasteiger charge is -2.06. The molecule has 4 heteroatoms. The first-order valence-electron chi connectivity index (χ1n) is 7.90. The van der Waals surface area contributed by atoms with Gasteiger partial charge in [-0.2, -0.15) is 0 Å². The molecular weight excluding hydrogens is 304 g/mol. The number of rotatable bonds is 5. The molecule has 3 rings (SSSR count). The van der Waals surface area contributed by atoms with Gasteiger partial charge >= 0.3 is 5.97 Å². The van der Waals surface area contributed by atoms with Gasteiger partial charge in [0.25, 0.3) is 0 Å². The summed E-state index contributed by atoms with van der Waals surface area (Å²) in [5.74, 6) is 1.29. The van der Waals surface area contributed by atoms with Gasteiger partial charge in [-0.25, -0.2) is 4.79 Å². The summed E-state index contributed by atoms with van der Waals surface area (Å²) in [6.45, 7) is 2.23. The van der Waals surface area contributed by atoms with E-state index in [9.17, 15) is 4.79 Å². The molecule has 4 nitrogen and oxygen atoms in total. The molecule has 124 valence electrons. The molecule has 0 aromatic heterocycles. The van der Waals surface area contributed by atoms with Crippen molar-refractivity contribution in [1.82, 2.24) is 0 Å². The van der Waals surface area contributed by atoms with Gasteiger partial charge in [0, 0.05) is 6.08 Å². The Morgan fingerprint density at radius 1 is 1.08 bits per heavy atom. The number of benzene rings is 2. The monoisotopic (exact) mass is 324 g/mol. The summed E-state index contributed by atoms with van der Waals surface area (Å²) < 4.78 is 15.4. The van der Waals surface area contributed by atoms with Crippen LogP contribution in [0.1, 0.15) is 18.9 Å². The second-order valence-electron chi connectivity index (χ2n) is 5.78. The Labute approximate surface area is 141 Å². The number of hydrogen-bond donors (Lipinski definition) is 0. The minimum Gasteiger partial charge on any atom is -0.466 e. The smallest absolute Gasteiger partial charge is 0.330 e. The van der Waals surface area contributed by atoms with Crippen LogP contribution in [0.3, 0.4) is 0 Å². The van der Waals surface area contributed by atoms with Crippen LogP contribution in [0.15, 0.2) is 54.1 Å². The second kappa shape index (κ2) is 7.21. The van der Waals surface area contributed by atoms with Gasteiger partial charge in [0.2, 0.25) is 6.79 Å². The van der Waals surface area contributed by atoms with Crippen molar-refractivity contribution in [3.8, 4) is 22.6 Å². The number of carbonyl (C=O) groups excluding carboxylic acids is 1. The number of fused-ring (bicyclic) bond motifs is 1. The van der Waals surface area contributed by atoms with Crippen LogP contribution in [0.25, 0.3) is 11.1 Å². The van der Waals surface area contributed by atoms with Crippen molar-refractivity contribution >= 4 is 5.97 Å². The Morgan fingerprint density at radius 2 is 1.79 bits per heavy atom. The van der Waals surface area contributed by atoms with Crippen LogP contribution in [0.4, 0.5) is 0 Å². The van der Waals surface area contributed by atoms with Crippen molar-refractivity contribution in [1.29, 1.82) is 0 Å². The van der Waals surface area contributed by atoms with Crippen LogP contribution in [0, 0.1) is 0 Å². The third-order valence-corrected chi connectivity index (χ3v) is 4.03. The number of esters is 1. The van der Waals surface area contributed by atoms with Crippen LogP contribution < -0.4 is 9.47 Å². The zero-order valence-corrected chi connectivity index (χ0v) is 13.9. The quantitative estimate of drug-likeness (QED) is 0.612. The summed E-state index contributed by atoms with van der Waals surface area (Å²) in [6.07, 6.45) is 3.26. The maximum absolute atomic E-state index is 11.2. The fourth-order valence-electron chi connectivity index (χ4n) is 2.61. The van der Waals surface area contributed by atoms with Crippen LogP contribution in [0.2, 0.25) is 0 Å². The van der Waals surface area contributed by atoms with Gasteiger partial charge in [-0.05, 0) is 48.6 Å². The van der Waals surface area contributed by atoms with Crippen LogP contribution >= 0.6 is 0 Å². The summed E-state index contributed by atoms with van der Waals surface area (Å²) in [4.78, 5) is 11.2. The molecule has 0 unspecified atom stereocenters. The van der Waals surface area contributed by atoms with E-state index in [1.165, 1.54) is 12.7 Å². The van der Waals surface area contributed by atoms with Gasteiger partial charge in [0.1, 0.15) is 0 Å². The maximum atomic E-state index is 11.2. The van der Waals surface area contributed by atoms with E-state index in [0.29, 0.717) is 0 Å². The van der Waals surface area contributed by atoms with Gasteiger partial charge < -0.3 is 14.2 Å². The average Bonchev–Trinajstić information content (AvgIpc) is 3.08. The van der Waals surface area contributed by atoms with Crippen molar-refractivity contribution in [2.45, 2.75) is 19.8 Å². The molecule has 24 heavy (non-hydrogen) atoms. The van der Waals surface area contributed by atoms with E-state index in [1.807, 2.05) is 25.1 Å². The van der Waals surface area contributed by atoms with Crippen molar-refractivity contribution < 1.29 is 19.0 Å². The lowest BCUT2D eigenvalue weighted by atomic mass is 10.0. The Balaban J connectivity index is 1.65. The van der Waals surface area contributed by atoms with Gasteiger partial charge in [-0.15, -0.1) is 0 Å². The topological polar surface area (TPSA) is 44.8 Å². The van der Waals surface area contributed by atoms with Gasteiger partial charge in [0.15, 0.2) is 11.5 Å². The molecule has 1 aliphatic rings. The Morgan fingerprint density at radius 3 is 2.54 bits per heavy atom. The molecule has 2 aromatic carbocycles. The SMILES string of the molecule is COC(=O)/C=C(\C)CCc1ccc(-c2ccc3c(c2)OCO3)cc1. The van der Waals surface area contributed by atoms with E-state index < -0.39 is 0 Å². The molecule has 1 aliphatic heterocycles. The van der Waals surface area contributed by atoms with E-state index in [1.54, 1.807) is 6.08 Å². The standard InChI is InChI=1S/C20H20O4/c1-14(11-20(21)22-2)3-4-15-5-7-16(8-6-15)17-9-10-18-19(12-17)24-13-23-18/h5-12H,3-4,13H2,1-2H3/b14-11+. The summed E-state index contributed by atoms with van der Waals surface area (Å²) in [7, 11) is 1.39. The third-order valence-electron chi connectivity index (χ3n) is 4.03. The number of methoxy groups -OCH3 is 1. The average molecular weight is 324 g/mol. The van der Waals surface area contributed by atoms with E-state index >= 15 is 0 Å². The Bertz CT molecular complexity index is 760. The molecule has 0 saturated carbocycles. The highest BCUT2D eigenvalue weighted by molar-refractivity contribution is 5.82. The second-order valence-corrected chi connectivity index (χ2v) is 5.78. The van der Waals surface area contributed by atoms with Crippen LogP contribution in [0.5, 0.6) is 11.5 Å². The molecule has 0 fully saturated rings. The lowest BCUT2D eigenvalue weighted by molar-refractivity contribution is -0.134. The highest BCUT2D eigenvalue weighted by atomic mass is 16.7. The Hall–Kier alpha value is -2.75. The zero-order valence-electron chi connectivity index (χ0n) is 13.9. The molecule has 0 radical (unpaired) electrons. The molecule has 0 amide bonds. The third kappa shape index (κ3) is 3.77. The largest absolute Gasteiger partial charge is 0.466 e. The number of hydrogen-bond acceptors (Lipinski definition) is 4. The van der Waals surface area contributed by atoms with E-state index in [4.69, 9.17) is 9.47 Å². The van der Waals surface area contributed by atoms with Gasteiger partial charge in [0.05, 0.1) is 7.11 Å². The normalized spacial score (nSPS) is 13.0. The minimum absolute atomic E-state index is 0.288. The summed E-state index contributed by atoms with van der Waals surface area (Å²) >= 11 is 0. The van der Waals surface area contributed by atoms with Gasteiger partial charge in [-0.1, -0.05) is 35.9 Å². The molecule has 2 aromatic rings. The highest BCUT2D eigenvalue weighted by Gasteiger charge is 2.13. The van der Waals surface area contributed by atoms with Crippen LogP contribution in [-0.4, -0.2) is 19.9 Å². The van der Waals surface area contributed by atoms with Crippen molar-refractivity contribution in [3.63, 3.8) is 0 Å². The number of ether oxygens (including phenoxy) is 3. The Kier molecular flexibility index (Phi) is 4.85. The molecular formula is C20H20O4. The molecule has 0 N–H and O–H groups in total. The van der Waals surface area contributed by atoms with Crippen molar-refractivity contribution in [2.75, 3.05) is 13.9 Å². The first-order chi connectivity index (χ1) is 11.7. The first-order valence-corrected chi connectivity index (χ1v) is 7.90. The maximum Gasteiger partial charge on any atom is 0.330 e. The summed E-state index contributed by atoms with van der Waals surface area (Å²) in [5.41, 5.74) is 4.49. The lowest BCUT2D eigenvalue weighted by Crippen LogP contribution is -1.96. The summed E-state index contributed by atoms with van der Waals surface area (Å²) in [5, 5.41) is 0. The predicted molar refractivity (Wildman–Crippen MR) is 92.1 cm³/mol. The molecule has 1 heterocycles. The fraction of sp³-hybridized carbons (Fsp3) is 0.250.